The summed E-state index contributed by atoms with van der Waals surface area (Å²) in [4.78, 5) is 16.5. The maximum Gasteiger partial charge on any atom is 0.344 e. The van der Waals surface area contributed by atoms with E-state index < -0.39 is 12.2 Å². The summed E-state index contributed by atoms with van der Waals surface area (Å²) in [5.74, 6) is 0.150. The molecule has 0 fully saturated rings. The molecule has 1 aliphatic rings. The average molecular weight is 384 g/mol. The molecule has 144 valence electrons. The molecular formula is C19H17FN4O4. The number of halogens is 1. The smallest absolute Gasteiger partial charge is 0.344 e. The number of hydrogen-bond acceptors (Lipinski definition) is 7. The summed E-state index contributed by atoms with van der Waals surface area (Å²) in [7, 11) is 2.95. The topological polar surface area (TPSA) is 87.5 Å². The average Bonchev–Trinajstić information content (AvgIpc) is 3.27. The van der Waals surface area contributed by atoms with Gasteiger partial charge in [-0.2, -0.15) is 0 Å². The van der Waals surface area contributed by atoms with Gasteiger partial charge >= 0.3 is 5.97 Å². The van der Waals surface area contributed by atoms with E-state index in [1.807, 2.05) is 0 Å². The first-order valence-corrected chi connectivity index (χ1v) is 8.46. The summed E-state index contributed by atoms with van der Waals surface area (Å²) in [5.41, 5.74) is 1.38. The highest BCUT2D eigenvalue weighted by Crippen LogP contribution is 2.41. The highest BCUT2D eigenvalue weighted by Gasteiger charge is 2.36. The summed E-state index contributed by atoms with van der Waals surface area (Å²) in [6.45, 7) is 0.230. The van der Waals surface area contributed by atoms with Gasteiger partial charge in [-0.1, -0.05) is 18.2 Å². The molecule has 9 heteroatoms. The molecule has 28 heavy (non-hydrogen) atoms. The van der Waals surface area contributed by atoms with Gasteiger partial charge in [0.05, 0.1) is 20.8 Å². The van der Waals surface area contributed by atoms with Crippen molar-refractivity contribution in [3.63, 3.8) is 0 Å². The molecule has 0 saturated heterocycles. The highest BCUT2D eigenvalue weighted by molar-refractivity contribution is 5.98. The fourth-order valence-corrected chi connectivity index (χ4v) is 3.06. The monoisotopic (exact) mass is 384 g/mol. The van der Waals surface area contributed by atoms with Crippen LogP contribution in [0.4, 0.5) is 10.3 Å². The third-order valence-electron chi connectivity index (χ3n) is 4.38. The Bertz CT molecular complexity index is 1040. The van der Waals surface area contributed by atoms with Gasteiger partial charge < -0.3 is 19.5 Å². The Labute approximate surface area is 159 Å². The summed E-state index contributed by atoms with van der Waals surface area (Å²) < 4.78 is 31.2. The molecule has 0 spiro atoms. The van der Waals surface area contributed by atoms with Crippen molar-refractivity contribution in [1.82, 2.24) is 14.8 Å². The zero-order valence-corrected chi connectivity index (χ0v) is 15.2. The van der Waals surface area contributed by atoms with Crippen molar-refractivity contribution in [3.05, 3.63) is 65.2 Å². The van der Waals surface area contributed by atoms with Crippen molar-refractivity contribution in [2.24, 2.45) is 0 Å². The van der Waals surface area contributed by atoms with Crippen LogP contribution in [0.5, 0.6) is 11.5 Å². The Kier molecular flexibility index (Phi) is 4.56. The molecule has 1 atom stereocenters. The molecule has 1 aromatic heterocycles. The number of nitrogens with one attached hydrogen (secondary N) is 1. The zero-order valence-electron chi connectivity index (χ0n) is 15.2. The number of cyclic esters (lactones) is 1. The first kappa shape index (κ1) is 17.8. The number of carbonyl (C=O) groups is 1. The largest absolute Gasteiger partial charge is 0.493 e. The standard InChI is InChI=1S/C19H17FN4O4/c1-26-14-8-7-12-15(16(14)27-2)18(25)28-17(12)22-19-21-10-24(23-19)9-11-5-3-4-6-13(11)20/h3-8,10,17H,9H2,1-2H3,(H,22,23)/t17-/m1/s1. The number of esters is 1. The lowest BCUT2D eigenvalue weighted by molar-refractivity contribution is 0.0434. The van der Waals surface area contributed by atoms with E-state index in [1.54, 1.807) is 30.3 Å². The van der Waals surface area contributed by atoms with E-state index >= 15 is 0 Å². The highest BCUT2D eigenvalue weighted by atomic mass is 19.1. The van der Waals surface area contributed by atoms with Crippen LogP contribution in [0.25, 0.3) is 0 Å². The van der Waals surface area contributed by atoms with Crippen molar-refractivity contribution >= 4 is 11.9 Å². The third kappa shape index (κ3) is 3.11. The predicted molar refractivity (Wildman–Crippen MR) is 96.8 cm³/mol. The number of carbonyl (C=O) groups excluding carboxylic acids is 1. The number of methoxy groups -OCH3 is 2. The molecule has 0 radical (unpaired) electrons. The van der Waals surface area contributed by atoms with Crippen LogP contribution < -0.4 is 14.8 Å². The molecule has 0 unspecified atom stereocenters. The Hall–Kier alpha value is -3.62. The number of anilines is 1. The van der Waals surface area contributed by atoms with E-state index in [-0.39, 0.29) is 18.3 Å². The maximum atomic E-state index is 13.8. The van der Waals surface area contributed by atoms with E-state index in [0.29, 0.717) is 28.2 Å². The molecule has 8 nitrogen and oxygen atoms in total. The van der Waals surface area contributed by atoms with E-state index in [2.05, 4.69) is 15.4 Å². The first-order chi connectivity index (χ1) is 13.6. The number of fused-ring (bicyclic) bond motifs is 1. The van der Waals surface area contributed by atoms with Crippen LogP contribution in [-0.2, 0) is 11.3 Å². The SMILES string of the molecule is COc1ccc2c(c1OC)C(=O)O[C@H]2Nc1ncn(Cc2ccccc2F)n1. The number of nitrogens with zero attached hydrogens (tertiary/aromatic N) is 3. The molecule has 4 rings (SSSR count). The number of rotatable bonds is 6. The summed E-state index contributed by atoms with van der Waals surface area (Å²) in [6.07, 6.45) is 0.702. The number of hydrogen-bond donors (Lipinski definition) is 1. The third-order valence-corrected chi connectivity index (χ3v) is 4.38. The molecule has 1 aliphatic heterocycles. The van der Waals surface area contributed by atoms with Gasteiger partial charge in [0.25, 0.3) is 0 Å². The van der Waals surface area contributed by atoms with Crippen LogP contribution in [0.1, 0.15) is 27.7 Å². The van der Waals surface area contributed by atoms with Gasteiger partial charge in [-0.25, -0.2) is 18.9 Å². The second kappa shape index (κ2) is 7.18. The fourth-order valence-electron chi connectivity index (χ4n) is 3.06. The van der Waals surface area contributed by atoms with Gasteiger partial charge in [0.1, 0.15) is 17.7 Å². The van der Waals surface area contributed by atoms with E-state index in [0.717, 1.165) is 0 Å². The van der Waals surface area contributed by atoms with Gasteiger partial charge in [-0.15, -0.1) is 5.10 Å². The number of benzene rings is 2. The summed E-state index contributed by atoms with van der Waals surface area (Å²) in [5, 5.41) is 7.23. The predicted octanol–water partition coefficient (Wildman–Crippen LogP) is 2.76. The second-order valence-electron chi connectivity index (χ2n) is 6.05. The molecule has 0 aliphatic carbocycles. The minimum absolute atomic E-state index is 0.230. The van der Waals surface area contributed by atoms with Crippen LogP contribution in [0.3, 0.4) is 0 Å². The zero-order chi connectivity index (χ0) is 19.7. The van der Waals surface area contributed by atoms with Crippen LogP contribution in [0.15, 0.2) is 42.7 Å². The molecular weight excluding hydrogens is 367 g/mol. The molecule has 0 bridgehead atoms. The van der Waals surface area contributed by atoms with E-state index in [9.17, 15) is 9.18 Å². The fraction of sp³-hybridized carbons (Fsp3) is 0.211. The van der Waals surface area contributed by atoms with Gasteiger partial charge in [0.15, 0.2) is 11.5 Å². The lowest BCUT2D eigenvalue weighted by Crippen LogP contribution is -2.12. The normalized spacial score (nSPS) is 15.1. The van der Waals surface area contributed by atoms with Crippen molar-refractivity contribution in [1.29, 1.82) is 0 Å². The van der Waals surface area contributed by atoms with E-state index in [4.69, 9.17) is 14.2 Å². The number of ether oxygens (including phenoxy) is 3. The molecule has 1 N–H and O–H groups in total. The summed E-state index contributed by atoms with van der Waals surface area (Å²) in [6, 6.07) is 9.86. The van der Waals surface area contributed by atoms with Crippen molar-refractivity contribution in [2.45, 2.75) is 12.8 Å². The van der Waals surface area contributed by atoms with Crippen LogP contribution in [0, 0.1) is 5.82 Å². The molecule has 0 saturated carbocycles. The lowest BCUT2D eigenvalue weighted by atomic mass is 10.1. The van der Waals surface area contributed by atoms with Gasteiger partial charge in [-0.3, -0.25) is 0 Å². The minimum Gasteiger partial charge on any atom is -0.493 e. The number of aromatic nitrogens is 3. The minimum atomic E-state index is -0.772. The van der Waals surface area contributed by atoms with Crippen LogP contribution in [-0.4, -0.2) is 35.0 Å². The molecule has 2 aromatic carbocycles. The van der Waals surface area contributed by atoms with Crippen molar-refractivity contribution in [2.75, 3.05) is 19.5 Å². The molecule has 2 heterocycles. The van der Waals surface area contributed by atoms with Crippen molar-refractivity contribution < 1.29 is 23.4 Å². The summed E-state index contributed by atoms with van der Waals surface area (Å²) >= 11 is 0. The van der Waals surface area contributed by atoms with Crippen molar-refractivity contribution in [3.8, 4) is 11.5 Å². The van der Waals surface area contributed by atoms with Crippen LogP contribution in [0.2, 0.25) is 0 Å². The van der Waals surface area contributed by atoms with E-state index in [1.165, 1.54) is 31.3 Å². The Morgan fingerprint density at radius 1 is 1.21 bits per heavy atom. The van der Waals surface area contributed by atoms with Gasteiger partial charge in [0, 0.05) is 11.1 Å². The maximum absolute atomic E-state index is 13.8. The first-order valence-electron chi connectivity index (χ1n) is 8.46. The Balaban J connectivity index is 1.55. The van der Waals surface area contributed by atoms with Gasteiger partial charge in [-0.05, 0) is 18.2 Å². The Morgan fingerprint density at radius 3 is 2.79 bits per heavy atom. The second-order valence-corrected chi connectivity index (χ2v) is 6.05. The molecule has 0 amide bonds. The quantitative estimate of drug-likeness (QED) is 0.654. The Morgan fingerprint density at radius 2 is 2.04 bits per heavy atom. The molecule has 3 aromatic rings. The lowest BCUT2D eigenvalue weighted by Gasteiger charge is -2.12. The van der Waals surface area contributed by atoms with Gasteiger partial charge in [0.2, 0.25) is 12.2 Å². The van der Waals surface area contributed by atoms with Crippen LogP contribution >= 0.6 is 0 Å².